The third-order valence-corrected chi connectivity index (χ3v) is 6.39. The number of H-pyrrole nitrogens is 1. The Bertz CT molecular complexity index is 971. The van der Waals surface area contributed by atoms with Gasteiger partial charge in [0.05, 0.1) is 17.7 Å². The highest BCUT2D eigenvalue weighted by Gasteiger charge is 2.33. The van der Waals surface area contributed by atoms with Crippen molar-refractivity contribution in [3.8, 4) is 0 Å². The fourth-order valence-electron chi connectivity index (χ4n) is 4.42. The van der Waals surface area contributed by atoms with Crippen molar-refractivity contribution in [3.05, 3.63) is 88.7 Å². The number of aromatic amines is 1. The maximum Gasteiger partial charge on any atom is 0.237 e. The highest BCUT2D eigenvalue weighted by atomic mass is 16.2. The molecule has 1 aromatic heterocycles. The van der Waals surface area contributed by atoms with Crippen molar-refractivity contribution in [2.75, 3.05) is 6.54 Å². The minimum absolute atomic E-state index is 0.0722. The average Bonchev–Trinajstić information content (AvgIpc) is 3.52. The standard InChI is InChI=1S/C25H28N4O/c1-17(25(30)26-20-12-13-20)29-15-14-22-21(16-29)24(28-27-22)23(18-8-4-2-5-9-18)19-10-6-3-7-11-19/h2-11,17,20,23H,12-16H2,1H3,(H,26,30)(H,27,28)/t17-/m1/s1. The molecule has 30 heavy (non-hydrogen) atoms. The van der Waals surface area contributed by atoms with Gasteiger partial charge in [0, 0.05) is 36.8 Å². The van der Waals surface area contributed by atoms with Crippen LogP contribution in [0.15, 0.2) is 60.7 Å². The average molecular weight is 401 g/mol. The predicted octanol–water partition coefficient (Wildman–Crippen LogP) is 3.62. The maximum absolute atomic E-state index is 12.6. The number of aromatic nitrogens is 2. The maximum atomic E-state index is 12.6. The second-order valence-electron chi connectivity index (χ2n) is 8.50. The van der Waals surface area contributed by atoms with E-state index in [9.17, 15) is 4.79 Å². The first kappa shape index (κ1) is 19.1. The monoisotopic (exact) mass is 400 g/mol. The van der Waals surface area contributed by atoms with Gasteiger partial charge in [-0.05, 0) is 30.9 Å². The van der Waals surface area contributed by atoms with Crippen LogP contribution in [-0.4, -0.2) is 39.6 Å². The van der Waals surface area contributed by atoms with E-state index < -0.39 is 0 Å². The van der Waals surface area contributed by atoms with Crippen LogP contribution in [0, 0.1) is 0 Å². The molecule has 5 heteroatoms. The molecule has 2 aliphatic rings. The molecule has 1 aliphatic carbocycles. The van der Waals surface area contributed by atoms with E-state index in [1.807, 2.05) is 19.1 Å². The van der Waals surface area contributed by atoms with E-state index in [4.69, 9.17) is 5.10 Å². The molecule has 5 rings (SSSR count). The summed E-state index contributed by atoms with van der Waals surface area (Å²) in [5.74, 6) is 0.219. The Hall–Kier alpha value is -2.92. The van der Waals surface area contributed by atoms with Gasteiger partial charge in [-0.2, -0.15) is 5.10 Å². The zero-order valence-electron chi connectivity index (χ0n) is 17.3. The van der Waals surface area contributed by atoms with Crippen LogP contribution in [0.3, 0.4) is 0 Å². The smallest absolute Gasteiger partial charge is 0.237 e. The molecule has 2 aromatic carbocycles. The minimum Gasteiger partial charge on any atom is -0.352 e. The number of carbonyl (C=O) groups is 1. The van der Waals surface area contributed by atoms with Gasteiger partial charge in [0.2, 0.25) is 5.91 Å². The number of fused-ring (bicyclic) bond motifs is 1. The largest absolute Gasteiger partial charge is 0.352 e. The van der Waals surface area contributed by atoms with Gasteiger partial charge in [-0.25, -0.2) is 0 Å². The first-order valence-corrected chi connectivity index (χ1v) is 10.9. The zero-order chi connectivity index (χ0) is 20.5. The number of hydrogen-bond acceptors (Lipinski definition) is 3. The summed E-state index contributed by atoms with van der Waals surface area (Å²) in [5.41, 5.74) is 5.98. The van der Waals surface area contributed by atoms with E-state index in [2.05, 4.69) is 63.8 Å². The van der Waals surface area contributed by atoms with Crippen molar-refractivity contribution in [2.24, 2.45) is 0 Å². The lowest BCUT2D eigenvalue weighted by Crippen LogP contribution is -2.47. The van der Waals surface area contributed by atoms with Gasteiger partial charge in [0.1, 0.15) is 0 Å². The van der Waals surface area contributed by atoms with Gasteiger partial charge in [-0.3, -0.25) is 14.8 Å². The molecule has 154 valence electrons. The normalized spacial score (nSPS) is 17.5. The van der Waals surface area contributed by atoms with Crippen LogP contribution in [0.5, 0.6) is 0 Å². The summed E-state index contributed by atoms with van der Waals surface area (Å²) in [6, 6.07) is 21.4. The van der Waals surface area contributed by atoms with Crippen LogP contribution >= 0.6 is 0 Å². The van der Waals surface area contributed by atoms with E-state index in [0.717, 1.165) is 38.0 Å². The summed E-state index contributed by atoms with van der Waals surface area (Å²) in [5, 5.41) is 11.2. The predicted molar refractivity (Wildman–Crippen MR) is 117 cm³/mol. The molecule has 1 fully saturated rings. The van der Waals surface area contributed by atoms with Crippen LogP contribution in [0.4, 0.5) is 0 Å². The van der Waals surface area contributed by atoms with Crippen molar-refractivity contribution >= 4 is 5.91 Å². The second kappa shape index (κ2) is 8.07. The molecule has 0 saturated heterocycles. The third-order valence-electron chi connectivity index (χ3n) is 6.39. The summed E-state index contributed by atoms with van der Waals surface area (Å²) in [6.45, 7) is 3.64. The van der Waals surface area contributed by atoms with Crippen LogP contribution < -0.4 is 5.32 Å². The Morgan fingerprint density at radius 3 is 2.30 bits per heavy atom. The van der Waals surface area contributed by atoms with Crippen LogP contribution in [0.25, 0.3) is 0 Å². The van der Waals surface area contributed by atoms with E-state index in [1.54, 1.807) is 0 Å². The van der Waals surface area contributed by atoms with E-state index >= 15 is 0 Å². The molecule has 0 bridgehead atoms. The lowest BCUT2D eigenvalue weighted by molar-refractivity contribution is -0.126. The van der Waals surface area contributed by atoms with Gasteiger partial charge in [-0.1, -0.05) is 60.7 Å². The van der Waals surface area contributed by atoms with Gasteiger partial charge in [0.25, 0.3) is 0 Å². The van der Waals surface area contributed by atoms with Crippen molar-refractivity contribution in [2.45, 2.75) is 50.7 Å². The highest BCUT2D eigenvalue weighted by molar-refractivity contribution is 5.81. The molecule has 1 atom stereocenters. The van der Waals surface area contributed by atoms with Crippen molar-refractivity contribution < 1.29 is 4.79 Å². The number of nitrogens with one attached hydrogen (secondary N) is 2. The summed E-state index contributed by atoms with van der Waals surface area (Å²) >= 11 is 0. The molecule has 0 radical (unpaired) electrons. The molecular weight excluding hydrogens is 372 g/mol. The van der Waals surface area contributed by atoms with Crippen LogP contribution in [0.1, 0.15) is 53.8 Å². The Labute approximate surface area is 177 Å². The molecule has 1 saturated carbocycles. The molecule has 1 aliphatic heterocycles. The van der Waals surface area contributed by atoms with Gasteiger partial charge in [0.15, 0.2) is 0 Å². The number of rotatable bonds is 6. The Morgan fingerprint density at radius 1 is 1.07 bits per heavy atom. The molecule has 2 N–H and O–H groups in total. The first-order chi connectivity index (χ1) is 14.7. The zero-order valence-corrected chi connectivity index (χ0v) is 17.3. The molecule has 0 spiro atoms. The van der Waals surface area contributed by atoms with E-state index in [1.165, 1.54) is 22.4 Å². The third kappa shape index (κ3) is 3.77. The van der Waals surface area contributed by atoms with E-state index in [0.29, 0.717) is 6.04 Å². The molecule has 2 heterocycles. The summed E-state index contributed by atoms with van der Waals surface area (Å²) in [7, 11) is 0. The minimum atomic E-state index is -0.131. The lowest BCUT2D eigenvalue weighted by atomic mass is 9.85. The number of benzene rings is 2. The van der Waals surface area contributed by atoms with Crippen molar-refractivity contribution in [1.29, 1.82) is 0 Å². The fourth-order valence-corrected chi connectivity index (χ4v) is 4.42. The Kier molecular flexibility index (Phi) is 5.13. The topological polar surface area (TPSA) is 61.0 Å². The summed E-state index contributed by atoms with van der Waals surface area (Å²) in [6.07, 6.45) is 3.12. The Balaban J connectivity index is 1.47. The molecule has 5 nitrogen and oxygen atoms in total. The SMILES string of the molecule is C[C@H](C(=O)NC1CC1)N1CCc2[nH]nc(C(c3ccccc3)c3ccccc3)c2C1. The van der Waals surface area contributed by atoms with Crippen LogP contribution in [-0.2, 0) is 17.8 Å². The summed E-state index contributed by atoms with van der Waals surface area (Å²) < 4.78 is 0. The van der Waals surface area contributed by atoms with Gasteiger partial charge >= 0.3 is 0 Å². The number of nitrogens with zero attached hydrogens (tertiary/aromatic N) is 2. The second-order valence-corrected chi connectivity index (χ2v) is 8.50. The van der Waals surface area contributed by atoms with E-state index in [-0.39, 0.29) is 17.9 Å². The van der Waals surface area contributed by atoms with Gasteiger partial charge < -0.3 is 5.32 Å². The van der Waals surface area contributed by atoms with Crippen molar-refractivity contribution in [1.82, 2.24) is 20.4 Å². The molecular formula is C25H28N4O. The number of carbonyl (C=O) groups excluding carboxylic acids is 1. The number of amides is 1. The lowest BCUT2D eigenvalue weighted by Gasteiger charge is -2.32. The van der Waals surface area contributed by atoms with Crippen molar-refractivity contribution in [3.63, 3.8) is 0 Å². The highest BCUT2D eigenvalue weighted by Crippen LogP contribution is 2.35. The Morgan fingerprint density at radius 2 is 1.70 bits per heavy atom. The quantitative estimate of drug-likeness (QED) is 0.664. The molecule has 3 aromatic rings. The summed E-state index contributed by atoms with van der Waals surface area (Å²) in [4.78, 5) is 14.9. The molecule has 1 amide bonds. The molecule has 0 unspecified atom stereocenters. The number of hydrogen-bond donors (Lipinski definition) is 2. The fraction of sp³-hybridized carbons (Fsp3) is 0.360. The van der Waals surface area contributed by atoms with Crippen LogP contribution in [0.2, 0.25) is 0 Å². The van der Waals surface area contributed by atoms with Gasteiger partial charge in [-0.15, -0.1) is 0 Å². The first-order valence-electron chi connectivity index (χ1n) is 10.9.